The highest BCUT2D eigenvalue weighted by Gasteiger charge is 2.45. The minimum absolute atomic E-state index is 0.00681. The van der Waals surface area contributed by atoms with Gasteiger partial charge in [-0.3, -0.25) is 24.2 Å². The lowest BCUT2D eigenvalue weighted by atomic mass is 9.75. The van der Waals surface area contributed by atoms with Crippen molar-refractivity contribution in [3.05, 3.63) is 107 Å². The van der Waals surface area contributed by atoms with Gasteiger partial charge in [0.25, 0.3) is 17.7 Å². The minimum Gasteiger partial charge on any atom is -0.390 e. The van der Waals surface area contributed by atoms with Gasteiger partial charge in [0, 0.05) is 90.1 Å². The van der Waals surface area contributed by atoms with E-state index in [0.717, 1.165) is 62.9 Å². The lowest BCUT2D eigenvalue weighted by Gasteiger charge is -2.31. The summed E-state index contributed by atoms with van der Waals surface area (Å²) in [4.78, 5) is 68.4. The van der Waals surface area contributed by atoms with E-state index in [9.17, 15) is 28.3 Å². The van der Waals surface area contributed by atoms with Gasteiger partial charge in [0.2, 0.25) is 0 Å². The van der Waals surface area contributed by atoms with Crippen LogP contribution in [0.4, 0.5) is 5.69 Å². The molecule has 0 radical (unpaired) electrons. The van der Waals surface area contributed by atoms with Crippen molar-refractivity contribution in [1.29, 1.82) is 0 Å². The highest BCUT2D eigenvalue weighted by molar-refractivity contribution is 7.94. The number of amides is 3. The Morgan fingerprint density at radius 2 is 1.69 bits per heavy atom. The molecule has 5 rings (SSSR count). The number of imide groups is 1. The normalized spacial score (nSPS) is 20.4. The fourth-order valence-electron chi connectivity index (χ4n) is 7.05. The van der Waals surface area contributed by atoms with Crippen molar-refractivity contribution in [2.45, 2.75) is 56.8 Å². The van der Waals surface area contributed by atoms with E-state index in [-0.39, 0.29) is 24.3 Å². The van der Waals surface area contributed by atoms with Crippen LogP contribution in [0.25, 0.3) is 0 Å². The summed E-state index contributed by atoms with van der Waals surface area (Å²) in [5, 5.41) is 4.85. The first-order valence-electron chi connectivity index (χ1n) is 18.7. The second-order valence-electron chi connectivity index (χ2n) is 14.4. The number of hydrogen-bond acceptors (Lipinski definition) is 15. The van der Waals surface area contributed by atoms with E-state index >= 15 is 0 Å². The molecule has 3 heterocycles. The maximum Gasteiger partial charge on any atom is 0.363 e. The van der Waals surface area contributed by atoms with Gasteiger partial charge in [-0.1, -0.05) is 32.1 Å². The highest BCUT2D eigenvalue weighted by atomic mass is 32.2. The predicted octanol–water partition coefficient (Wildman–Crippen LogP) is 7.13. The molecule has 0 aromatic heterocycles. The predicted molar refractivity (Wildman–Crippen MR) is 228 cm³/mol. The summed E-state index contributed by atoms with van der Waals surface area (Å²) in [5.41, 5.74) is 4.56. The van der Waals surface area contributed by atoms with Crippen LogP contribution in [0.15, 0.2) is 99.7 Å². The van der Waals surface area contributed by atoms with E-state index in [2.05, 4.69) is 31.0 Å². The van der Waals surface area contributed by atoms with Crippen LogP contribution in [0.5, 0.6) is 0 Å². The van der Waals surface area contributed by atoms with Gasteiger partial charge in [-0.2, -0.15) is 0 Å². The van der Waals surface area contributed by atoms with Crippen LogP contribution < -0.4 is 10.2 Å². The number of carbonyl (C=O) groups excluding carboxylic acids is 4. The van der Waals surface area contributed by atoms with Crippen molar-refractivity contribution < 1.29 is 42.5 Å². The van der Waals surface area contributed by atoms with Crippen LogP contribution in [0.3, 0.4) is 0 Å². The largest absolute Gasteiger partial charge is 0.390 e. The zero-order valence-corrected chi connectivity index (χ0v) is 35.5. The van der Waals surface area contributed by atoms with E-state index in [1.54, 1.807) is 25.4 Å². The molecule has 1 saturated heterocycles. The first-order chi connectivity index (χ1) is 27.8. The lowest BCUT2D eigenvalue weighted by molar-refractivity contribution is -0.172. The Hall–Kier alpha value is -4.36. The van der Waals surface area contributed by atoms with E-state index < -0.39 is 28.6 Å². The van der Waals surface area contributed by atoms with Crippen molar-refractivity contribution in [2.75, 3.05) is 50.2 Å². The van der Waals surface area contributed by atoms with E-state index in [4.69, 9.17) is 19.2 Å². The molecule has 0 bridgehead atoms. The van der Waals surface area contributed by atoms with Crippen molar-refractivity contribution in [1.82, 2.24) is 15.4 Å². The van der Waals surface area contributed by atoms with Crippen LogP contribution >= 0.6 is 36.1 Å². The molecule has 0 spiro atoms. The van der Waals surface area contributed by atoms with Crippen molar-refractivity contribution in [3.8, 4) is 0 Å². The number of fused-ring (bicyclic) bond motifs is 1. The number of carbonyl (C=O) groups is 4. The van der Waals surface area contributed by atoms with Gasteiger partial charge in [-0.25, -0.2) is 9.86 Å². The van der Waals surface area contributed by atoms with Gasteiger partial charge in [-0.05, 0) is 109 Å². The molecular formula is C41H49N5O9S3. The van der Waals surface area contributed by atoms with Gasteiger partial charge in [0.05, 0.1) is 30.2 Å². The summed E-state index contributed by atoms with van der Waals surface area (Å²) in [6.45, 7) is 7.72. The van der Waals surface area contributed by atoms with Crippen LogP contribution in [0, 0.1) is 5.41 Å². The maximum atomic E-state index is 13.2. The molecule has 2 aromatic rings. The van der Waals surface area contributed by atoms with Crippen LogP contribution in [-0.2, 0) is 29.5 Å². The Morgan fingerprint density at radius 1 is 1.00 bits per heavy atom. The summed E-state index contributed by atoms with van der Waals surface area (Å²) < 4.78 is 28.7. The van der Waals surface area contributed by atoms with Crippen LogP contribution in [-0.4, -0.2) is 98.5 Å². The molecule has 3 aliphatic rings. The molecule has 2 aromatic carbocycles. The first kappa shape index (κ1) is 44.7. The van der Waals surface area contributed by atoms with Crippen LogP contribution in [0.2, 0.25) is 0 Å². The van der Waals surface area contributed by atoms with Crippen molar-refractivity contribution >= 4 is 71.2 Å². The number of nitrogens with one attached hydrogen (secondary N) is 1. The maximum absolute atomic E-state index is 13.2. The standard InChI is InChI=1S/C41H49N5O9S3/c1-40(2)30(23-28(38(49)44(4)54-5)25-42-19-7-21-56-51)26-43-34(40)9-6-10-35-41(3,32-24-31(58-53)15-16-33(32)45(35)20-8-22-57-52)29-13-11-27(12-14-29)39(50)55-46-36(47)17-18-37(46)48/h6,9-16,23-25,42,51-53H,7-8,17-22,26H2,1-5H3/b9-6+,28-25+,30-23+,35-10+. The van der Waals surface area contributed by atoms with Crippen LogP contribution in [0.1, 0.15) is 67.9 Å². The molecule has 310 valence electrons. The number of allylic oxidation sites excluding steroid dienone is 4. The second-order valence-corrected chi connectivity index (χ2v) is 16.4. The number of likely N-dealkylation sites (N-methyl/N-ethyl adjacent to an activating group) is 1. The highest BCUT2D eigenvalue weighted by Crippen LogP contribution is 2.52. The van der Waals surface area contributed by atoms with Gasteiger partial charge in [0.1, 0.15) is 0 Å². The molecule has 1 atom stereocenters. The molecule has 0 saturated carbocycles. The molecule has 1 fully saturated rings. The number of hydrogen-bond donors (Lipinski definition) is 4. The molecule has 17 heteroatoms. The van der Waals surface area contributed by atoms with Gasteiger partial charge in [0.15, 0.2) is 0 Å². The van der Waals surface area contributed by atoms with Gasteiger partial charge >= 0.3 is 5.97 Å². The van der Waals surface area contributed by atoms with E-state index in [1.165, 1.54) is 7.11 Å². The molecule has 3 aliphatic heterocycles. The van der Waals surface area contributed by atoms with Gasteiger partial charge in [-0.15, -0.1) is 5.06 Å². The van der Waals surface area contributed by atoms with Crippen molar-refractivity contribution in [3.63, 3.8) is 0 Å². The zero-order valence-electron chi connectivity index (χ0n) is 33.1. The summed E-state index contributed by atoms with van der Waals surface area (Å²) in [7, 11) is 2.97. The number of rotatable bonds is 18. The summed E-state index contributed by atoms with van der Waals surface area (Å²) >= 11 is 2.20. The minimum atomic E-state index is -0.826. The fraction of sp³-hybridized carbons (Fsp3) is 0.390. The first-order valence-corrected chi connectivity index (χ1v) is 21.3. The topological polar surface area (TPSA) is 182 Å². The summed E-state index contributed by atoms with van der Waals surface area (Å²) in [6, 6.07) is 12.6. The molecular weight excluding hydrogens is 803 g/mol. The number of aliphatic imine (C=N–C) groups is 1. The smallest absolute Gasteiger partial charge is 0.363 e. The fourth-order valence-corrected chi connectivity index (χ4v) is 7.88. The number of hydroxylamine groups is 4. The third-order valence-electron chi connectivity index (χ3n) is 10.5. The third kappa shape index (κ3) is 9.73. The van der Waals surface area contributed by atoms with E-state index in [1.807, 2.05) is 54.6 Å². The average molecular weight is 852 g/mol. The third-order valence-corrected chi connectivity index (χ3v) is 11.9. The zero-order chi connectivity index (χ0) is 42.0. The second kappa shape index (κ2) is 20.1. The monoisotopic (exact) mass is 851 g/mol. The number of anilines is 1. The molecule has 1 unspecified atom stereocenters. The molecule has 14 nitrogen and oxygen atoms in total. The number of benzene rings is 2. The van der Waals surface area contributed by atoms with Gasteiger partial charge < -0.3 is 28.7 Å². The Morgan fingerprint density at radius 3 is 2.34 bits per heavy atom. The quantitative estimate of drug-likeness (QED) is 0.0391. The van der Waals surface area contributed by atoms with Crippen molar-refractivity contribution in [2.24, 2.45) is 10.4 Å². The summed E-state index contributed by atoms with van der Waals surface area (Å²) in [5.74, 6) is -1.19. The Bertz CT molecular complexity index is 2020. The SMILES string of the molecule is CON(C)C(=O)C(/C=C1\CN=C(/C=C/C=C2/N(CCCSO)c3ccc(SO)cc3C2(C)c2ccc(C(=O)ON3C(=O)CCC3=O)cc2)C1(C)C)=C/NCCCSO. The number of nitrogens with zero attached hydrogens (tertiary/aromatic N) is 4. The molecule has 4 N–H and O–H groups in total. The molecule has 3 amide bonds. The Labute approximate surface area is 351 Å². The lowest BCUT2D eigenvalue weighted by Crippen LogP contribution is -2.32. The molecule has 0 aliphatic carbocycles. The summed E-state index contributed by atoms with van der Waals surface area (Å²) in [6.07, 6.45) is 10.8. The molecule has 58 heavy (non-hydrogen) atoms. The van der Waals surface area contributed by atoms with E-state index in [0.29, 0.717) is 71.6 Å². The Kier molecular flexibility index (Phi) is 15.5. The Balaban J connectivity index is 1.49. The average Bonchev–Trinajstić information content (AvgIpc) is 3.79.